The van der Waals surface area contributed by atoms with Crippen molar-refractivity contribution in [2.45, 2.75) is 12.8 Å². The molecule has 0 saturated heterocycles. The molecule has 0 aromatic carbocycles. The summed E-state index contributed by atoms with van der Waals surface area (Å²) in [6.07, 6.45) is 7.86. The van der Waals surface area contributed by atoms with Gasteiger partial charge in [-0.1, -0.05) is 5.92 Å². The molecule has 1 saturated carbocycles. The van der Waals surface area contributed by atoms with Gasteiger partial charge in [0, 0.05) is 12.6 Å². The first-order valence-corrected chi connectivity index (χ1v) is 5.27. The van der Waals surface area contributed by atoms with E-state index >= 15 is 0 Å². The summed E-state index contributed by atoms with van der Waals surface area (Å²) in [5.41, 5.74) is 11.2. The lowest BCUT2D eigenvalue weighted by atomic mass is 10.3. The zero-order chi connectivity index (χ0) is 11.5. The van der Waals surface area contributed by atoms with Gasteiger partial charge in [-0.15, -0.1) is 6.42 Å². The Hall–Kier alpha value is -1.96. The van der Waals surface area contributed by atoms with Crippen LogP contribution in [0.5, 0.6) is 0 Å². The van der Waals surface area contributed by atoms with Gasteiger partial charge in [-0.05, 0) is 18.8 Å². The minimum atomic E-state index is 0.188. The molecule has 1 aliphatic carbocycles. The molecule has 84 valence electrons. The van der Waals surface area contributed by atoms with Gasteiger partial charge in [-0.3, -0.25) is 0 Å². The zero-order valence-corrected chi connectivity index (χ0v) is 9.06. The summed E-state index contributed by atoms with van der Waals surface area (Å²) in [6.45, 7) is 1.44. The summed E-state index contributed by atoms with van der Waals surface area (Å²) in [6, 6.07) is 1.70. The maximum atomic E-state index is 5.63. The van der Waals surface area contributed by atoms with Crippen molar-refractivity contribution in [2.75, 3.05) is 29.5 Å². The molecule has 1 heterocycles. The first-order chi connectivity index (χ1) is 7.69. The molecule has 4 N–H and O–H groups in total. The Morgan fingerprint density at radius 1 is 1.44 bits per heavy atom. The fourth-order valence-electron chi connectivity index (χ4n) is 1.59. The molecule has 0 aliphatic heterocycles. The normalized spacial score (nSPS) is 14.4. The molecule has 5 heteroatoms. The third-order valence-corrected chi connectivity index (χ3v) is 2.53. The Morgan fingerprint density at radius 2 is 2.19 bits per heavy atom. The lowest BCUT2D eigenvalue weighted by Crippen LogP contribution is -2.27. The number of rotatable bonds is 4. The third kappa shape index (κ3) is 2.54. The van der Waals surface area contributed by atoms with E-state index in [9.17, 15) is 0 Å². The van der Waals surface area contributed by atoms with Crippen molar-refractivity contribution < 1.29 is 0 Å². The molecule has 0 amide bonds. The summed E-state index contributed by atoms with van der Waals surface area (Å²) in [7, 11) is 0. The molecule has 1 aromatic heterocycles. The van der Waals surface area contributed by atoms with Crippen LogP contribution < -0.4 is 16.4 Å². The number of nitrogens with zero attached hydrogens (tertiary/aromatic N) is 3. The van der Waals surface area contributed by atoms with Gasteiger partial charge in [0.2, 0.25) is 5.95 Å². The maximum absolute atomic E-state index is 5.63. The molecule has 1 aromatic rings. The Morgan fingerprint density at radius 3 is 2.75 bits per heavy atom. The van der Waals surface area contributed by atoms with E-state index in [1.807, 2.05) is 4.90 Å². The van der Waals surface area contributed by atoms with Crippen molar-refractivity contribution in [1.82, 2.24) is 9.97 Å². The first kappa shape index (κ1) is 10.6. The molecule has 1 fully saturated rings. The van der Waals surface area contributed by atoms with Gasteiger partial charge < -0.3 is 16.4 Å². The van der Waals surface area contributed by atoms with Gasteiger partial charge in [0.25, 0.3) is 0 Å². The fourth-order valence-corrected chi connectivity index (χ4v) is 1.59. The molecule has 0 unspecified atom stereocenters. The number of aromatic nitrogens is 2. The summed E-state index contributed by atoms with van der Waals surface area (Å²) >= 11 is 0. The maximum Gasteiger partial charge on any atom is 0.223 e. The molecular weight excluding hydrogens is 202 g/mol. The van der Waals surface area contributed by atoms with Crippen molar-refractivity contribution in [3.05, 3.63) is 6.07 Å². The van der Waals surface area contributed by atoms with Crippen LogP contribution in [0, 0.1) is 18.3 Å². The molecule has 0 atom stereocenters. The van der Waals surface area contributed by atoms with Crippen molar-refractivity contribution >= 4 is 17.6 Å². The van der Waals surface area contributed by atoms with Crippen LogP contribution >= 0.6 is 0 Å². The lowest BCUT2D eigenvalue weighted by Gasteiger charge is -2.21. The van der Waals surface area contributed by atoms with Gasteiger partial charge in [-0.2, -0.15) is 9.97 Å². The second-order valence-electron chi connectivity index (χ2n) is 4.04. The molecule has 1 aliphatic rings. The molecule has 16 heavy (non-hydrogen) atoms. The average Bonchev–Trinajstić information content (AvgIpc) is 2.99. The minimum absolute atomic E-state index is 0.188. The summed E-state index contributed by atoms with van der Waals surface area (Å²) < 4.78 is 0. The monoisotopic (exact) mass is 217 g/mol. The van der Waals surface area contributed by atoms with Gasteiger partial charge in [0.1, 0.15) is 11.6 Å². The molecule has 2 rings (SSSR count). The molecule has 5 nitrogen and oxygen atoms in total. The van der Waals surface area contributed by atoms with Crippen molar-refractivity contribution in [2.24, 2.45) is 5.92 Å². The second kappa shape index (κ2) is 4.27. The van der Waals surface area contributed by atoms with Gasteiger partial charge in [-0.25, -0.2) is 0 Å². The standard InChI is InChI=1S/C11H15N5/c1-2-5-16(7-8-3-4-8)10-6-9(12)14-11(13)15-10/h1,6,8H,3-5,7H2,(H4,12,13,14,15). The van der Waals surface area contributed by atoms with Crippen LogP contribution in [0.1, 0.15) is 12.8 Å². The van der Waals surface area contributed by atoms with Crippen molar-refractivity contribution in [3.8, 4) is 12.3 Å². The fraction of sp³-hybridized carbons (Fsp3) is 0.455. The number of terminal acetylenes is 1. The SMILES string of the molecule is C#CCN(CC1CC1)c1cc(N)nc(N)n1. The average molecular weight is 217 g/mol. The van der Waals surface area contributed by atoms with Gasteiger partial charge in [0.05, 0.1) is 6.54 Å². The highest BCUT2D eigenvalue weighted by Gasteiger charge is 2.24. The van der Waals surface area contributed by atoms with E-state index in [4.69, 9.17) is 17.9 Å². The highest BCUT2D eigenvalue weighted by molar-refractivity contribution is 5.51. The summed E-state index contributed by atoms with van der Waals surface area (Å²) in [4.78, 5) is 10.0. The third-order valence-electron chi connectivity index (χ3n) is 2.53. The predicted molar refractivity (Wildman–Crippen MR) is 64.6 cm³/mol. The number of hydrogen-bond donors (Lipinski definition) is 2. The van der Waals surface area contributed by atoms with Crippen LogP contribution in [0.2, 0.25) is 0 Å². The Labute approximate surface area is 94.9 Å². The number of hydrogen-bond acceptors (Lipinski definition) is 5. The Kier molecular flexibility index (Phi) is 2.82. The lowest BCUT2D eigenvalue weighted by molar-refractivity contribution is 0.754. The van der Waals surface area contributed by atoms with E-state index in [-0.39, 0.29) is 5.95 Å². The minimum Gasteiger partial charge on any atom is -0.383 e. The predicted octanol–water partition coefficient (Wildman–Crippen LogP) is 0.491. The van der Waals surface area contributed by atoms with Crippen LogP contribution in [-0.2, 0) is 0 Å². The van der Waals surface area contributed by atoms with E-state index < -0.39 is 0 Å². The highest BCUT2D eigenvalue weighted by Crippen LogP contribution is 2.31. The van der Waals surface area contributed by atoms with Crippen LogP contribution in [0.3, 0.4) is 0 Å². The number of nitrogen functional groups attached to an aromatic ring is 2. The van der Waals surface area contributed by atoms with Crippen LogP contribution in [0.4, 0.5) is 17.6 Å². The van der Waals surface area contributed by atoms with Crippen LogP contribution in [-0.4, -0.2) is 23.1 Å². The van der Waals surface area contributed by atoms with Crippen LogP contribution in [0.15, 0.2) is 6.07 Å². The van der Waals surface area contributed by atoms with E-state index in [0.29, 0.717) is 12.4 Å². The number of nitrogens with two attached hydrogens (primary N) is 2. The summed E-state index contributed by atoms with van der Waals surface area (Å²) in [5, 5.41) is 0. The van der Waals surface area contributed by atoms with Crippen molar-refractivity contribution in [3.63, 3.8) is 0 Å². The zero-order valence-electron chi connectivity index (χ0n) is 9.06. The molecule has 0 bridgehead atoms. The second-order valence-corrected chi connectivity index (χ2v) is 4.04. The first-order valence-electron chi connectivity index (χ1n) is 5.27. The van der Waals surface area contributed by atoms with Gasteiger partial charge >= 0.3 is 0 Å². The Balaban J connectivity index is 2.19. The molecule has 0 spiro atoms. The summed E-state index contributed by atoms with van der Waals surface area (Å²) in [5.74, 6) is 4.63. The largest absolute Gasteiger partial charge is 0.383 e. The van der Waals surface area contributed by atoms with E-state index in [1.165, 1.54) is 12.8 Å². The van der Waals surface area contributed by atoms with E-state index in [2.05, 4.69) is 15.9 Å². The van der Waals surface area contributed by atoms with E-state index in [1.54, 1.807) is 6.07 Å². The highest BCUT2D eigenvalue weighted by atomic mass is 15.2. The smallest absolute Gasteiger partial charge is 0.223 e. The number of anilines is 3. The quantitative estimate of drug-likeness (QED) is 0.717. The van der Waals surface area contributed by atoms with Gasteiger partial charge in [0.15, 0.2) is 0 Å². The van der Waals surface area contributed by atoms with Crippen molar-refractivity contribution in [1.29, 1.82) is 0 Å². The van der Waals surface area contributed by atoms with Crippen LogP contribution in [0.25, 0.3) is 0 Å². The molecule has 0 radical (unpaired) electrons. The topological polar surface area (TPSA) is 81.1 Å². The Bertz CT molecular complexity index is 399. The van der Waals surface area contributed by atoms with E-state index in [0.717, 1.165) is 18.3 Å². The molecular formula is C11H15N5.